The number of H-pyrrole nitrogens is 1. The Bertz CT molecular complexity index is 859. The molecule has 1 unspecified atom stereocenters. The average Bonchev–Trinajstić information content (AvgIpc) is 3.10. The summed E-state index contributed by atoms with van der Waals surface area (Å²) >= 11 is 0. The van der Waals surface area contributed by atoms with Crippen LogP contribution in [0.15, 0.2) is 48.5 Å². The van der Waals surface area contributed by atoms with Crippen LogP contribution in [0.2, 0.25) is 0 Å². The van der Waals surface area contributed by atoms with E-state index in [9.17, 15) is 10.1 Å². The van der Waals surface area contributed by atoms with Gasteiger partial charge in [0.05, 0.1) is 18.1 Å². The van der Waals surface area contributed by atoms with Crippen LogP contribution in [0.3, 0.4) is 0 Å². The van der Waals surface area contributed by atoms with Crippen LogP contribution in [-0.4, -0.2) is 27.2 Å². The minimum atomic E-state index is -0.451. The van der Waals surface area contributed by atoms with Gasteiger partial charge in [-0.25, -0.2) is 4.98 Å². The Balaban J connectivity index is 1.71. The highest BCUT2D eigenvalue weighted by Crippen LogP contribution is 2.20. The molecule has 0 radical (unpaired) electrons. The molecule has 3 rings (SSSR count). The summed E-state index contributed by atoms with van der Waals surface area (Å²) in [5, 5.41) is 17.7. The van der Waals surface area contributed by atoms with Crippen LogP contribution in [0, 0.1) is 10.1 Å². The van der Waals surface area contributed by atoms with E-state index >= 15 is 0 Å². The molecule has 0 spiro atoms. The molecule has 0 fully saturated rings. The molecule has 3 aromatic rings. The maximum Gasteiger partial charge on any atom is 0.269 e. The Morgan fingerprint density at radius 2 is 1.88 bits per heavy atom. The fraction of sp³-hybridized carbons (Fsp3) is 0.176. The molecule has 0 saturated carbocycles. The molecule has 0 bridgehead atoms. The van der Waals surface area contributed by atoms with Crippen LogP contribution in [-0.2, 0) is 6.42 Å². The number of nitro benzene ring substituents is 1. The third-order valence-corrected chi connectivity index (χ3v) is 3.82. The number of methoxy groups -OCH3 is 1. The second kappa shape index (κ2) is 7.10. The summed E-state index contributed by atoms with van der Waals surface area (Å²) in [6, 6.07) is 13.3. The number of aromatic amines is 1. The molecule has 1 atom stereocenters. The fourth-order valence-corrected chi connectivity index (χ4v) is 2.42. The van der Waals surface area contributed by atoms with Gasteiger partial charge < -0.3 is 10.5 Å². The standard InChI is InChI=1S/C17H17N5O3/c1-25-14-8-4-12(5-9-14)16(18)17-19-15(20-21-17)10-11-2-6-13(7-3-11)22(23)24/h2-9,16H,10,18H2,1H3,(H,19,20,21). The van der Waals surface area contributed by atoms with Crippen LogP contribution in [0.1, 0.15) is 28.8 Å². The first-order chi connectivity index (χ1) is 12.1. The molecule has 0 aliphatic rings. The highest BCUT2D eigenvalue weighted by Gasteiger charge is 2.15. The van der Waals surface area contributed by atoms with Crippen LogP contribution in [0.25, 0.3) is 0 Å². The maximum absolute atomic E-state index is 10.7. The maximum atomic E-state index is 10.7. The molecule has 0 aliphatic heterocycles. The molecule has 3 N–H and O–H groups in total. The lowest BCUT2D eigenvalue weighted by molar-refractivity contribution is -0.384. The van der Waals surface area contributed by atoms with Crippen LogP contribution < -0.4 is 10.5 Å². The van der Waals surface area contributed by atoms with Crippen molar-refractivity contribution in [3.8, 4) is 5.75 Å². The van der Waals surface area contributed by atoms with Gasteiger partial charge in [-0.3, -0.25) is 15.2 Å². The van der Waals surface area contributed by atoms with Gasteiger partial charge in [0.25, 0.3) is 5.69 Å². The van der Waals surface area contributed by atoms with Crippen molar-refractivity contribution in [2.45, 2.75) is 12.5 Å². The molecular formula is C17H17N5O3. The van der Waals surface area contributed by atoms with Gasteiger partial charge >= 0.3 is 0 Å². The summed E-state index contributed by atoms with van der Waals surface area (Å²) in [7, 11) is 1.61. The van der Waals surface area contributed by atoms with Gasteiger partial charge in [-0.15, -0.1) is 0 Å². The Morgan fingerprint density at radius 3 is 2.48 bits per heavy atom. The van der Waals surface area contributed by atoms with E-state index in [4.69, 9.17) is 10.5 Å². The van der Waals surface area contributed by atoms with Crippen molar-refractivity contribution in [2.75, 3.05) is 7.11 Å². The predicted octanol–water partition coefficient (Wildman–Crippen LogP) is 2.36. The van der Waals surface area contributed by atoms with Crippen molar-refractivity contribution < 1.29 is 9.66 Å². The highest BCUT2D eigenvalue weighted by atomic mass is 16.6. The number of hydrogen-bond donors (Lipinski definition) is 2. The number of hydrogen-bond acceptors (Lipinski definition) is 6. The summed E-state index contributed by atoms with van der Waals surface area (Å²) in [5.74, 6) is 1.89. The zero-order chi connectivity index (χ0) is 17.8. The van der Waals surface area contributed by atoms with Crippen molar-refractivity contribution in [1.82, 2.24) is 15.2 Å². The normalized spacial score (nSPS) is 11.9. The van der Waals surface area contributed by atoms with Crippen LogP contribution >= 0.6 is 0 Å². The van der Waals surface area contributed by atoms with E-state index in [1.165, 1.54) is 12.1 Å². The van der Waals surface area contributed by atoms with Gasteiger partial charge in [0, 0.05) is 18.6 Å². The number of rotatable bonds is 6. The van der Waals surface area contributed by atoms with Crippen LogP contribution in [0.5, 0.6) is 5.75 Å². The summed E-state index contributed by atoms with van der Waals surface area (Å²) in [4.78, 5) is 14.7. The Morgan fingerprint density at radius 1 is 1.20 bits per heavy atom. The van der Waals surface area contributed by atoms with E-state index in [1.54, 1.807) is 19.2 Å². The molecule has 8 heteroatoms. The van der Waals surface area contributed by atoms with Gasteiger partial charge in [0.15, 0.2) is 5.82 Å². The van der Waals surface area contributed by atoms with Gasteiger partial charge in [0.1, 0.15) is 11.6 Å². The van der Waals surface area contributed by atoms with Crippen molar-refractivity contribution in [3.05, 3.63) is 81.4 Å². The number of nitrogens with one attached hydrogen (secondary N) is 1. The first-order valence-corrected chi connectivity index (χ1v) is 7.61. The summed E-state index contributed by atoms with van der Waals surface area (Å²) in [6.45, 7) is 0. The summed E-state index contributed by atoms with van der Waals surface area (Å²) < 4.78 is 5.13. The number of nitrogens with two attached hydrogens (primary N) is 1. The topological polar surface area (TPSA) is 120 Å². The molecule has 1 heterocycles. The SMILES string of the molecule is COc1ccc(C(N)c2n[nH]c(Cc3ccc([N+](=O)[O-])cc3)n2)cc1. The van der Waals surface area contributed by atoms with Crippen LogP contribution in [0.4, 0.5) is 5.69 Å². The molecule has 0 aliphatic carbocycles. The van der Waals surface area contributed by atoms with E-state index in [0.29, 0.717) is 18.1 Å². The quantitative estimate of drug-likeness (QED) is 0.525. The van der Waals surface area contributed by atoms with E-state index in [1.807, 2.05) is 24.3 Å². The Labute approximate surface area is 143 Å². The second-order valence-corrected chi connectivity index (χ2v) is 5.49. The van der Waals surface area contributed by atoms with Gasteiger partial charge in [0.2, 0.25) is 0 Å². The zero-order valence-electron chi connectivity index (χ0n) is 13.5. The first-order valence-electron chi connectivity index (χ1n) is 7.61. The monoisotopic (exact) mass is 339 g/mol. The summed E-state index contributed by atoms with van der Waals surface area (Å²) in [6.07, 6.45) is 0.486. The molecule has 8 nitrogen and oxygen atoms in total. The number of benzene rings is 2. The van der Waals surface area contributed by atoms with Gasteiger partial charge in [-0.05, 0) is 23.3 Å². The second-order valence-electron chi connectivity index (χ2n) is 5.49. The number of nitrogens with zero attached hydrogens (tertiary/aromatic N) is 3. The fourth-order valence-electron chi connectivity index (χ4n) is 2.42. The third-order valence-electron chi connectivity index (χ3n) is 3.82. The van der Waals surface area contributed by atoms with Crippen molar-refractivity contribution in [1.29, 1.82) is 0 Å². The number of aromatic nitrogens is 3. The van der Waals surface area contributed by atoms with E-state index < -0.39 is 11.0 Å². The van der Waals surface area contributed by atoms with Gasteiger partial charge in [-0.1, -0.05) is 24.3 Å². The number of non-ortho nitro benzene ring substituents is 1. The molecule has 128 valence electrons. The lowest BCUT2D eigenvalue weighted by Gasteiger charge is -2.08. The minimum absolute atomic E-state index is 0.0588. The van der Waals surface area contributed by atoms with Crippen molar-refractivity contribution in [3.63, 3.8) is 0 Å². The first kappa shape index (κ1) is 16.6. The highest BCUT2D eigenvalue weighted by molar-refractivity contribution is 5.34. The molecule has 1 aromatic heterocycles. The Kier molecular flexibility index (Phi) is 4.71. The molecule has 25 heavy (non-hydrogen) atoms. The summed E-state index contributed by atoms with van der Waals surface area (Å²) in [5.41, 5.74) is 8.04. The molecular weight excluding hydrogens is 322 g/mol. The lowest BCUT2D eigenvalue weighted by atomic mass is 10.1. The number of ether oxygens (including phenoxy) is 1. The predicted molar refractivity (Wildman–Crippen MR) is 91.3 cm³/mol. The molecule has 0 saturated heterocycles. The average molecular weight is 339 g/mol. The Hall–Kier alpha value is -3.26. The lowest BCUT2D eigenvalue weighted by Crippen LogP contribution is -2.13. The smallest absolute Gasteiger partial charge is 0.269 e. The van der Waals surface area contributed by atoms with Crippen molar-refractivity contribution in [2.24, 2.45) is 5.73 Å². The van der Waals surface area contributed by atoms with E-state index in [0.717, 1.165) is 16.9 Å². The molecule has 2 aromatic carbocycles. The zero-order valence-corrected chi connectivity index (χ0v) is 13.5. The molecule has 0 amide bonds. The number of nitro groups is 1. The minimum Gasteiger partial charge on any atom is -0.497 e. The van der Waals surface area contributed by atoms with E-state index in [-0.39, 0.29) is 5.69 Å². The largest absolute Gasteiger partial charge is 0.497 e. The van der Waals surface area contributed by atoms with Crippen molar-refractivity contribution >= 4 is 5.69 Å². The van der Waals surface area contributed by atoms with Gasteiger partial charge in [-0.2, -0.15) is 5.10 Å². The van der Waals surface area contributed by atoms with E-state index in [2.05, 4.69) is 15.2 Å². The third kappa shape index (κ3) is 3.81.